The number of rotatable bonds is 8. The van der Waals surface area contributed by atoms with Gasteiger partial charge in [0.05, 0.1) is 44.0 Å². The molecule has 2 aromatic heterocycles. The Bertz CT molecular complexity index is 1410. The van der Waals surface area contributed by atoms with Crippen molar-refractivity contribution in [1.82, 2.24) is 8.94 Å². The van der Waals surface area contributed by atoms with Crippen LogP contribution in [0.2, 0.25) is 0 Å². The third kappa shape index (κ3) is 4.90. The number of nitrogens with zero attached hydrogens (tertiary/aromatic N) is 4. The third-order valence-electron chi connectivity index (χ3n) is 10.7. The number of benzene rings is 1. The molecule has 1 aromatic carbocycles. The van der Waals surface area contributed by atoms with Gasteiger partial charge in [-0.25, -0.2) is 4.79 Å². The summed E-state index contributed by atoms with van der Waals surface area (Å²) in [5.74, 6) is 3.22. The molecule has 226 valence electrons. The van der Waals surface area contributed by atoms with Gasteiger partial charge in [-0.2, -0.15) is 4.37 Å². The van der Waals surface area contributed by atoms with E-state index in [1.54, 1.807) is 18.5 Å². The number of carbonyl (C=O) groups excluding carboxylic acids is 1. The van der Waals surface area contributed by atoms with Crippen molar-refractivity contribution in [3.8, 4) is 11.8 Å². The highest BCUT2D eigenvalue weighted by Crippen LogP contribution is 2.60. The number of carbonyl (C=O) groups is 1. The van der Waals surface area contributed by atoms with Crippen LogP contribution in [0, 0.1) is 11.8 Å². The summed E-state index contributed by atoms with van der Waals surface area (Å²) >= 11 is 1.55. The molecular formula is C32H43N4O5S+. The predicted octanol–water partition coefficient (Wildman–Crippen LogP) is 6.15. The van der Waals surface area contributed by atoms with Gasteiger partial charge in [0.15, 0.2) is 17.6 Å². The highest BCUT2D eigenvalue weighted by Gasteiger charge is 2.45. The average molecular weight is 596 g/mol. The van der Waals surface area contributed by atoms with Crippen molar-refractivity contribution >= 4 is 33.6 Å². The molecule has 0 amide bonds. The largest absolute Gasteiger partial charge is 0.512 e. The van der Waals surface area contributed by atoms with Gasteiger partial charge in [-0.3, -0.25) is 9.05 Å². The topological polar surface area (TPSA) is 97.0 Å². The molecule has 4 unspecified atom stereocenters. The zero-order valence-electron chi connectivity index (χ0n) is 24.5. The molecule has 3 heterocycles. The van der Waals surface area contributed by atoms with Gasteiger partial charge in [0.2, 0.25) is 6.73 Å². The molecule has 2 bridgehead atoms. The van der Waals surface area contributed by atoms with E-state index >= 15 is 0 Å². The lowest BCUT2D eigenvalue weighted by Gasteiger charge is -2.47. The van der Waals surface area contributed by atoms with Crippen molar-refractivity contribution in [1.29, 1.82) is 0 Å². The molecule has 2 N–H and O–H groups in total. The monoisotopic (exact) mass is 595 g/mol. The van der Waals surface area contributed by atoms with Gasteiger partial charge < -0.3 is 24.6 Å². The fourth-order valence-electron chi connectivity index (χ4n) is 8.53. The van der Waals surface area contributed by atoms with Gasteiger partial charge in [0, 0.05) is 29.0 Å². The summed E-state index contributed by atoms with van der Waals surface area (Å²) in [5.41, 5.74) is 2.04. The smallest absolute Gasteiger partial charge is 0.494 e. The second-order valence-electron chi connectivity index (χ2n) is 13.0. The number of aromatic hydroxyl groups is 2. The number of aromatic nitrogens is 2. The second-order valence-corrected chi connectivity index (χ2v) is 13.8. The highest BCUT2D eigenvalue weighted by molar-refractivity contribution is 7.13. The first-order valence-electron chi connectivity index (χ1n) is 15.8. The Balaban J connectivity index is 1.10. The molecule has 1 aliphatic heterocycles. The van der Waals surface area contributed by atoms with Crippen LogP contribution in [-0.4, -0.2) is 75.9 Å². The lowest BCUT2D eigenvalue weighted by Crippen LogP contribution is -2.63. The summed E-state index contributed by atoms with van der Waals surface area (Å²) in [6.45, 7) is 7.32. The quantitative estimate of drug-likeness (QED) is 0.238. The van der Waals surface area contributed by atoms with E-state index in [2.05, 4.69) is 29.2 Å². The van der Waals surface area contributed by atoms with Crippen molar-refractivity contribution in [3.63, 3.8) is 0 Å². The maximum Gasteiger partial charge on any atom is 0.512 e. The molecule has 9 nitrogen and oxygen atoms in total. The molecule has 2 saturated carbocycles. The molecule has 3 aliphatic carbocycles. The fourth-order valence-corrected chi connectivity index (χ4v) is 9.32. The van der Waals surface area contributed by atoms with Crippen LogP contribution in [0.1, 0.15) is 74.8 Å². The van der Waals surface area contributed by atoms with Gasteiger partial charge in [0.25, 0.3) is 0 Å². The van der Waals surface area contributed by atoms with Crippen molar-refractivity contribution in [3.05, 3.63) is 35.4 Å². The first-order chi connectivity index (χ1) is 20.5. The minimum Gasteiger partial charge on any atom is -0.494 e. The van der Waals surface area contributed by atoms with Crippen LogP contribution in [0.4, 0.5) is 10.6 Å². The summed E-state index contributed by atoms with van der Waals surface area (Å²) in [6, 6.07) is 8.40. The average Bonchev–Trinajstić information content (AvgIpc) is 3.79. The number of piperazine rings is 1. The van der Waals surface area contributed by atoms with Crippen LogP contribution in [0.5, 0.6) is 11.8 Å². The van der Waals surface area contributed by atoms with E-state index in [-0.39, 0.29) is 0 Å². The Morgan fingerprint density at radius 2 is 1.69 bits per heavy atom. The van der Waals surface area contributed by atoms with Crippen molar-refractivity contribution in [2.75, 3.05) is 51.0 Å². The number of hydrogen-bond donors (Lipinski definition) is 2. The van der Waals surface area contributed by atoms with E-state index in [1.807, 2.05) is 4.57 Å². The van der Waals surface area contributed by atoms with E-state index in [1.165, 1.54) is 22.9 Å². The van der Waals surface area contributed by atoms with Gasteiger partial charge in [-0.05, 0) is 80.4 Å². The molecule has 0 radical (unpaired) electrons. The van der Waals surface area contributed by atoms with E-state index in [9.17, 15) is 15.0 Å². The lowest BCUT2D eigenvalue weighted by molar-refractivity contribution is -0.947. The molecule has 3 aromatic rings. The summed E-state index contributed by atoms with van der Waals surface area (Å²) in [4.78, 5) is 14.7. The summed E-state index contributed by atoms with van der Waals surface area (Å²) in [6.07, 6.45) is 7.25. The first kappa shape index (κ1) is 27.8. The van der Waals surface area contributed by atoms with Gasteiger partial charge in [-0.1, -0.05) is 25.0 Å². The SMILES string of the molecule is CCOC(=O)OC[N+]1(CC2CCCCC2Cn2c(O)c3c(c2O)C2CCC3C2)CCN(c2nsc3ccccc23)CC1. The number of ether oxygens (including phenoxy) is 2. The lowest BCUT2D eigenvalue weighted by atomic mass is 9.78. The van der Waals surface area contributed by atoms with Crippen LogP contribution in [0.3, 0.4) is 0 Å². The molecule has 1 saturated heterocycles. The maximum absolute atomic E-state index is 12.3. The number of anilines is 1. The molecular weight excluding hydrogens is 552 g/mol. The van der Waals surface area contributed by atoms with Gasteiger partial charge in [0.1, 0.15) is 0 Å². The molecule has 10 heteroatoms. The second kappa shape index (κ2) is 11.3. The Labute approximate surface area is 251 Å². The Hall–Kier alpha value is -2.98. The standard InChI is InChI=1S/C32H42N4O5S/c1-2-40-32(39)41-20-36(15-13-34(14-16-36)29-25-9-5-6-10-26(25)42-33-29)19-24-8-4-3-7-23(24)18-35-30(37)27-21-11-12-22(17-21)28(27)31(35)38/h5-6,9-10,21-24H,2-4,7-8,11-20H2,1H3,(H-,37,38)/p+1. The molecule has 0 spiro atoms. The zero-order valence-corrected chi connectivity index (χ0v) is 25.4. The van der Waals surface area contributed by atoms with Crippen LogP contribution in [-0.2, 0) is 16.0 Å². The number of hydrogen-bond acceptors (Lipinski definition) is 8. The van der Waals surface area contributed by atoms with E-state index in [4.69, 9.17) is 13.8 Å². The number of fused-ring (bicyclic) bond motifs is 6. The minimum absolute atomic E-state index is 0.295. The van der Waals surface area contributed by atoms with E-state index < -0.39 is 6.16 Å². The fraction of sp³-hybridized carbons (Fsp3) is 0.625. The summed E-state index contributed by atoms with van der Waals surface area (Å²) in [7, 11) is 0. The van der Waals surface area contributed by atoms with Gasteiger partial charge in [-0.15, -0.1) is 0 Å². The van der Waals surface area contributed by atoms with Crippen LogP contribution >= 0.6 is 11.5 Å². The molecule has 42 heavy (non-hydrogen) atoms. The Kier molecular flexibility index (Phi) is 7.46. The Morgan fingerprint density at radius 3 is 2.40 bits per heavy atom. The summed E-state index contributed by atoms with van der Waals surface area (Å²) in [5, 5.41) is 23.7. The normalized spacial score (nSPS) is 26.5. The first-order valence-corrected chi connectivity index (χ1v) is 16.6. The highest BCUT2D eigenvalue weighted by atomic mass is 32.1. The van der Waals surface area contributed by atoms with Crippen molar-refractivity contribution in [2.24, 2.45) is 11.8 Å². The van der Waals surface area contributed by atoms with E-state index in [0.717, 1.165) is 81.8 Å². The van der Waals surface area contributed by atoms with Crippen molar-refractivity contribution in [2.45, 2.75) is 70.3 Å². The van der Waals surface area contributed by atoms with Gasteiger partial charge >= 0.3 is 6.16 Å². The van der Waals surface area contributed by atoms with Crippen LogP contribution in [0.15, 0.2) is 24.3 Å². The Morgan fingerprint density at radius 1 is 1.00 bits per heavy atom. The molecule has 3 fully saturated rings. The van der Waals surface area contributed by atoms with E-state index in [0.29, 0.717) is 59.8 Å². The van der Waals surface area contributed by atoms with Crippen molar-refractivity contribution < 1.29 is 29.0 Å². The summed E-state index contributed by atoms with van der Waals surface area (Å²) < 4.78 is 19.4. The molecule has 4 aliphatic rings. The zero-order chi connectivity index (χ0) is 28.8. The maximum atomic E-state index is 12.3. The molecule has 7 rings (SSSR count). The molecule has 4 atom stereocenters. The van der Waals surface area contributed by atoms with Crippen LogP contribution in [0.25, 0.3) is 10.1 Å². The number of quaternary nitrogens is 1. The predicted molar refractivity (Wildman–Crippen MR) is 162 cm³/mol. The van der Waals surface area contributed by atoms with Crippen LogP contribution < -0.4 is 4.90 Å². The minimum atomic E-state index is -0.602. The third-order valence-corrected chi connectivity index (χ3v) is 11.5.